The Morgan fingerprint density at radius 1 is 1.25 bits per heavy atom. The van der Waals surface area contributed by atoms with E-state index in [4.69, 9.17) is 0 Å². The van der Waals surface area contributed by atoms with Crippen molar-refractivity contribution in [2.24, 2.45) is 0 Å². The summed E-state index contributed by atoms with van der Waals surface area (Å²) >= 11 is 0. The standard InChI is InChI=1S/C19H22N2O3/c1-24-18(23)12-9-15-13-21(16-5-3-2-4-6-16)19(20-15)14-7-10-17(22)11-8-14/h7-13,16,22H,2-6H2,1H3/b12-9+. The third-order valence-corrected chi connectivity index (χ3v) is 4.44. The SMILES string of the molecule is COC(=O)/C=C/c1cn(C2CCCCC2)c(-c2ccc(O)cc2)n1. The van der Waals surface area contributed by atoms with Gasteiger partial charge in [0.1, 0.15) is 11.6 Å². The Morgan fingerprint density at radius 2 is 1.96 bits per heavy atom. The van der Waals surface area contributed by atoms with Gasteiger partial charge < -0.3 is 14.4 Å². The van der Waals surface area contributed by atoms with Crippen molar-refractivity contribution < 1.29 is 14.6 Å². The number of methoxy groups -OCH3 is 1. The number of hydrogen-bond donors (Lipinski definition) is 1. The highest BCUT2D eigenvalue weighted by Crippen LogP contribution is 2.33. The smallest absolute Gasteiger partial charge is 0.330 e. The molecule has 1 aromatic heterocycles. The second kappa shape index (κ2) is 7.34. The van der Waals surface area contributed by atoms with Gasteiger partial charge in [-0.25, -0.2) is 9.78 Å². The van der Waals surface area contributed by atoms with Gasteiger partial charge in [0.05, 0.1) is 12.8 Å². The molecule has 0 atom stereocenters. The van der Waals surface area contributed by atoms with Gasteiger partial charge in [0.2, 0.25) is 0 Å². The molecular weight excluding hydrogens is 304 g/mol. The number of ether oxygens (including phenoxy) is 1. The molecule has 1 aliphatic carbocycles. The Morgan fingerprint density at radius 3 is 2.62 bits per heavy atom. The average molecular weight is 326 g/mol. The van der Waals surface area contributed by atoms with Crippen molar-refractivity contribution in [2.75, 3.05) is 7.11 Å². The maximum absolute atomic E-state index is 11.3. The molecule has 3 rings (SSSR count). The molecule has 0 saturated heterocycles. The van der Waals surface area contributed by atoms with E-state index < -0.39 is 5.97 Å². The maximum Gasteiger partial charge on any atom is 0.330 e. The molecule has 5 nitrogen and oxygen atoms in total. The summed E-state index contributed by atoms with van der Waals surface area (Å²) in [5, 5.41) is 9.51. The number of nitrogens with zero attached hydrogens (tertiary/aromatic N) is 2. The van der Waals surface area contributed by atoms with Crippen molar-refractivity contribution in [3.05, 3.63) is 42.2 Å². The lowest BCUT2D eigenvalue weighted by atomic mass is 9.95. The van der Waals surface area contributed by atoms with E-state index in [0.717, 1.165) is 29.9 Å². The van der Waals surface area contributed by atoms with Gasteiger partial charge in [0.15, 0.2) is 0 Å². The molecule has 0 aliphatic heterocycles. The fraction of sp³-hybridized carbons (Fsp3) is 0.368. The van der Waals surface area contributed by atoms with E-state index in [1.807, 2.05) is 18.3 Å². The summed E-state index contributed by atoms with van der Waals surface area (Å²) in [6, 6.07) is 7.49. The number of carbonyl (C=O) groups excluding carboxylic acids is 1. The first-order valence-electron chi connectivity index (χ1n) is 8.31. The van der Waals surface area contributed by atoms with E-state index in [1.165, 1.54) is 32.4 Å². The zero-order valence-corrected chi connectivity index (χ0v) is 13.8. The average Bonchev–Trinajstić information content (AvgIpc) is 3.05. The molecule has 0 radical (unpaired) electrons. The molecule has 1 saturated carbocycles. The number of benzene rings is 1. The van der Waals surface area contributed by atoms with Gasteiger partial charge >= 0.3 is 5.97 Å². The van der Waals surface area contributed by atoms with Crippen molar-refractivity contribution in [2.45, 2.75) is 38.1 Å². The highest BCUT2D eigenvalue weighted by Gasteiger charge is 2.20. The fourth-order valence-electron chi connectivity index (χ4n) is 3.18. The fourth-order valence-corrected chi connectivity index (χ4v) is 3.18. The molecule has 0 spiro atoms. The molecule has 24 heavy (non-hydrogen) atoms. The monoisotopic (exact) mass is 326 g/mol. The normalized spacial score (nSPS) is 15.7. The van der Waals surface area contributed by atoms with Crippen molar-refractivity contribution in [1.29, 1.82) is 0 Å². The van der Waals surface area contributed by atoms with Gasteiger partial charge in [-0.05, 0) is 43.2 Å². The van der Waals surface area contributed by atoms with Crippen LogP contribution < -0.4 is 0 Å². The van der Waals surface area contributed by atoms with Crippen LogP contribution in [0.1, 0.15) is 43.8 Å². The summed E-state index contributed by atoms with van der Waals surface area (Å²) in [7, 11) is 1.36. The Bertz CT molecular complexity index is 726. The summed E-state index contributed by atoms with van der Waals surface area (Å²) in [6.07, 6.45) is 11.1. The zero-order valence-electron chi connectivity index (χ0n) is 13.8. The first-order valence-corrected chi connectivity index (χ1v) is 8.31. The third kappa shape index (κ3) is 3.67. The van der Waals surface area contributed by atoms with Gasteiger partial charge in [0.25, 0.3) is 0 Å². The summed E-state index contributed by atoms with van der Waals surface area (Å²) < 4.78 is 6.85. The molecule has 126 valence electrons. The van der Waals surface area contributed by atoms with Crippen molar-refractivity contribution in [3.63, 3.8) is 0 Å². The maximum atomic E-state index is 11.3. The number of imidazole rings is 1. The molecule has 0 amide bonds. The van der Waals surface area contributed by atoms with Crippen molar-refractivity contribution in [1.82, 2.24) is 9.55 Å². The third-order valence-electron chi connectivity index (χ3n) is 4.44. The molecule has 0 bridgehead atoms. The van der Waals surface area contributed by atoms with Crippen LogP contribution in [-0.4, -0.2) is 27.7 Å². The minimum Gasteiger partial charge on any atom is -0.508 e. The number of rotatable bonds is 4. The van der Waals surface area contributed by atoms with Gasteiger partial charge in [-0.15, -0.1) is 0 Å². The van der Waals surface area contributed by atoms with Crippen molar-refractivity contribution >= 4 is 12.0 Å². The van der Waals surface area contributed by atoms with E-state index in [1.54, 1.807) is 18.2 Å². The van der Waals surface area contributed by atoms with Crippen LogP contribution in [0.15, 0.2) is 36.5 Å². The summed E-state index contributed by atoms with van der Waals surface area (Å²) in [5.41, 5.74) is 1.69. The van der Waals surface area contributed by atoms with E-state index in [2.05, 4.69) is 14.3 Å². The highest BCUT2D eigenvalue weighted by atomic mass is 16.5. The number of hydrogen-bond acceptors (Lipinski definition) is 4. The lowest BCUT2D eigenvalue weighted by Gasteiger charge is -2.24. The van der Waals surface area contributed by atoms with Crippen LogP contribution in [0.4, 0.5) is 0 Å². The van der Waals surface area contributed by atoms with Crippen LogP contribution in [0.2, 0.25) is 0 Å². The van der Waals surface area contributed by atoms with E-state index in [-0.39, 0.29) is 5.75 Å². The molecule has 2 aromatic rings. The Kier molecular flexibility index (Phi) is 4.99. The molecule has 0 unspecified atom stereocenters. The van der Waals surface area contributed by atoms with E-state index in [9.17, 15) is 9.90 Å². The first kappa shape index (κ1) is 16.3. The number of aromatic hydroxyl groups is 1. The number of phenolic OH excluding ortho intramolecular Hbond substituents is 1. The topological polar surface area (TPSA) is 64.3 Å². The molecule has 1 heterocycles. The molecule has 1 aliphatic rings. The summed E-state index contributed by atoms with van der Waals surface area (Å²) in [5.74, 6) is 0.708. The minimum absolute atomic E-state index is 0.236. The predicted molar refractivity (Wildman–Crippen MR) is 92.5 cm³/mol. The number of aromatic nitrogens is 2. The van der Waals surface area contributed by atoms with Gasteiger partial charge in [-0.3, -0.25) is 0 Å². The quantitative estimate of drug-likeness (QED) is 0.682. The van der Waals surface area contributed by atoms with E-state index in [0.29, 0.717) is 6.04 Å². The molecule has 1 N–H and O–H groups in total. The molecular formula is C19H22N2O3. The Balaban J connectivity index is 1.97. The second-order valence-electron chi connectivity index (χ2n) is 6.09. The Hall–Kier alpha value is -2.56. The number of esters is 1. The molecule has 1 fully saturated rings. The summed E-state index contributed by atoms with van der Waals surface area (Å²) in [4.78, 5) is 16.0. The van der Waals surface area contributed by atoms with Crippen molar-refractivity contribution in [3.8, 4) is 17.1 Å². The first-order chi connectivity index (χ1) is 11.7. The predicted octanol–water partition coefficient (Wildman–Crippen LogP) is 3.95. The molecule has 1 aromatic carbocycles. The lowest BCUT2D eigenvalue weighted by molar-refractivity contribution is -0.134. The number of carbonyl (C=O) groups is 1. The van der Waals surface area contributed by atoms with Gasteiger partial charge in [0, 0.05) is 23.9 Å². The summed E-state index contributed by atoms with van der Waals surface area (Å²) in [6.45, 7) is 0. The van der Waals surface area contributed by atoms with Crippen LogP contribution in [0.5, 0.6) is 5.75 Å². The highest BCUT2D eigenvalue weighted by molar-refractivity contribution is 5.86. The van der Waals surface area contributed by atoms with Crippen LogP contribution in [0, 0.1) is 0 Å². The number of phenols is 1. The largest absolute Gasteiger partial charge is 0.508 e. The second-order valence-corrected chi connectivity index (χ2v) is 6.09. The Labute approximate surface area is 141 Å². The lowest BCUT2D eigenvalue weighted by Crippen LogP contribution is -2.13. The van der Waals surface area contributed by atoms with Gasteiger partial charge in [-0.2, -0.15) is 0 Å². The van der Waals surface area contributed by atoms with E-state index >= 15 is 0 Å². The molecule has 5 heteroatoms. The zero-order chi connectivity index (χ0) is 16.9. The van der Waals surface area contributed by atoms with Crippen LogP contribution in [0.25, 0.3) is 17.5 Å². The van der Waals surface area contributed by atoms with Crippen LogP contribution in [-0.2, 0) is 9.53 Å². The van der Waals surface area contributed by atoms with Crippen LogP contribution >= 0.6 is 0 Å². The van der Waals surface area contributed by atoms with Gasteiger partial charge in [-0.1, -0.05) is 19.3 Å². The van der Waals surface area contributed by atoms with Crippen LogP contribution in [0.3, 0.4) is 0 Å². The minimum atomic E-state index is -0.395.